The van der Waals surface area contributed by atoms with Crippen molar-refractivity contribution in [3.05, 3.63) is 29.8 Å². The molecule has 6 nitrogen and oxygen atoms in total. The van der Waals surface area contributed by atoms with Gasteiger partial charge in [-0.25, -0.2) is 0 Å². The molecule has 3 N–H and O–H groups in total. The van der Waals surface area contributed by atoms with Crippen LogP contribution in [0.3, 0.4) is 0 Å². The Morgan fingerprint density at radius 2 is 1.81 bits per heavy atom. The minimum absolute atomic E-state index is 0. The van der Waals surface area contributed by atoms with Gasteiger partial charge in [-0.3, -0.25) is 9.59 Å². The summed E-state index contributed by atoms with van der Waals surface area (Å²) in [5, 5.41) is 2.68. The van der Waals surface area contributed by atoms with Gasteiger partial charge in [-0.15, -0.1) is 12.4 Å². The van der Waals surface area contributed by atoms with Crippen LogP contribution >= 0.6 is 12.4 Å². The number of rotatable bonds is 3. The summed E-state index contributed by atoms with van der Waals surface area (Å²) < 4.78 is 5.22. The number of morpholine rings is 1. The zero-order valence-corrected chi connectivity index (χ0v) is 12.7. The fraction of sp³-hybridized carbons (Fsp3) is 0.429. The molecule has 1 aliphatic rings. The van der Waals surface area contributed by atoms with Crippen molar-refractivity contribution < 1.29 is 14.3 Å². The molecule has 1 aliphatic heterocycles. The predicted molar refractivity (Wildman–Crippen MR) is 82.7 cm³/mol. The van der Waals surface area contributed by atoms with Gasteiger partial charge in [0.05, 0.1) is 19.3 Å². The van der Waals surface area contributed by atoms with Gasteiger partial charge in [0.2, 0.25) is 5.91 Å². The standard InChI is InChI=1S/C14H19N3O3.ClH/c1-10(15)13(18)16-12-4-2-11(3-5-12)14(19)17-6-8-20-9-7-17;/h2-5,10H,6-9,15H2,1H3,(H,16,18);1H/t10-;/m0./s1. The lowest BCUT2D eigenvalue weighted by atomic mass is 10.1. The summed E-state index contributed by atoms with van der Waals surface area (Å²) in [5.74, 6) is -0.268. The quantitative estimate of drug-likeness (QED) is 0.867. The molecule has 0 bridgehead atoms. The zero-order chi connectivity index (χ0) is 14.5. The minimum Gasteiger partial charge on any atom is -0.378 e. The zero-order valence-electron chi connectivity index (χ0n) is 11.9. The number of halogens is 1. The summed E-state index contributed by atoms with van der Waals surface area (Å²) in [7, 11) is 0. The van der Waals surface area contributed by atoms with E-state index in [1.54, 1.807) is 36.1 Å². The third-order valence-electron chi connectivity index (χ3n) is 3.11. The van der Waals surface area contributed by atoms with Crippen LogP contribution in [0.15, 0.2) is 24.3 Å². The van der Waals surface area contributed by atoms with E-state index in [4.69, 9.17) is 10.5 Å². The number of hydrogen-bond donors (Lipinski definition) is 2. The topological polar surface area (TPSA) is 84.7 Å². The lowest BCUT2D eigenvalue weighted by molar-refractivity contribution is -0.117. The van der Waals surface area contributed by atoms with Gasteiger partial charge in [-0.05, 0) is 31.2 Å². The number of nitrogens with zero attached hydrogens (tertiary/aromatic N) is 1. The first-order valence-electron chi connectivity index (χ1n) is 6.61. The maximum absolute atomic E-state index is 12.2. The monoisotopic (exact) mass is 313 g/mol. The molecular formula is C14H20ClN3O3. The van der Waals surface area contributed by atoms with Crippen LogP contribution < -0.4 is 11.1 Å². The molecule has 1 aromatic carbocycles. The van der Waals surface area contributed by atoms with Crippen LogP contribution in [0.4, 0.5) is 5.69 Å². The van der Waals surface area contributed by atoms with E-state index in [0.29, 0.717) is 37.6 Å². The highest BCUT2D eigenvalue weighted by molar-refractivity contribution is 5.97. The fourth-order valence-electron chi connectivity index (χ4n) is 1.90. The number of nitrogens with two attached hydrogens (primary N) is 1. The Labute approximate surface area is 130 Å². The number of anilines is 1. The van der Waals surface area contributed by atoms with Crippen molar-refractivity contribution in [3.8, 4) is 0 Å². The maximum atomic E-state index is 12.2. The normalized spacial score (nSPS) is 15.8. The Bertz CT molecular complexity index is 485. The first kappa shape index (κ1) is 17.4. The average molecular weight is 314 g/mol. The van der Waals surface area contributed by atoms with Gasteiger partial charge in [-0.1, -0.05) is 0 Å². The van der Waals surface area contributed by atoms with Crippen LogP contribution in [0.25, 0.3) is 0 Å². The molecule has 0 radical (unpaired) electrons. The van der Waals surface area contributed by atoms with Gasteiger partial charge in [-0.2, -0.15) is 0 Å². The second-order valence-corrected chi connectivity index (χ2v) is 4.76. The molecule has 21 heavy (non-hydrogen) atoms. The van der Waals surface area contributed by atoms with Crippen molar-refractivity contribution in [1.82, 2.24) is 4.90 Å². The van der Waals surface area contributed by atoms with Crippen LogP contribution in [0, 0.1) is 0 Å². The summed E-state index contributed by atoms with van der Waals surface area (Å²) in [6, 6.07) is 6.25. The summed E-state index contributed by atoms with van der Waals surface area (Å²) in [6.07, 6.45) is 0. The van der Waals surface area contributed by atoms with Crippen LogP contribution in [0.5, 0.6) is 0 Å². The largest absolute Gasteiger partial charge is 0.378 e. The number of ether oxygens (including phenoxy) is 1. The molecule has 1 heterocycles. The molecule has 1 aromatic rings. The van der Waals surface area contributed by atoms with E-state index in [1.165, 1.54) is 0 Å². The van der Waals surface area contributed by atoms with E-state index in [2.05, 4.69) is 5.32 Å². The molecule has 7 heteroatoms. The first-order valence-corrected chi connectivity index (χ1v) is 6.61. The third kappa shape index (κ3) is 4.70. The van der Waals surface area contributed by atoms with E-state index < -0.39 is 6.04 Å². The van der Waals surface area contributed by atoms with Crippen LogP contribution in [-0.4, -0.2) is 49.1 Å². The summed E-state index contributed by atoms with van der Waals surface area (Å²) in [4.78, 5) is 25.4. The predicted octanol–water partition coefficient (Wildman–Crippen LogP) is 0.867. The van der Waals surface area contributed by atoms with Gasteiger partial charge in [0, 0.05) is 24.3 Å². The Balaban J connectivity index is 0.00000220. The summed E-state index contributed by atoms with van der Waals surface area (Å²) >= 11 is 0. The molecule has 2 rings (SSSR count). The third-order valence-corrected chi connectivity index (χ3v) is 3.11. The molecule has 2 amide bonds. The van der Waals surface area contributed by atoms with Crippen LogP contribution in [-0.2, 0) is 9.53 Å². The summed E-state index contributed by atoms with van der Waals surface area (Å²) in [6.45, 7) is 4.00. The molecule has 0 spiro atoms. The number of amides is 2. The number of hydrogen-bond acceptors (Lipinski definition) is 4. The van der Waals surface area contributed by atoms with Crippen molar-refractivity contribution in [3.63, 3.8) is 0 Å². The molecule has 0 aromatic heterocycles. The molecular weight excluding hydrogens is 294 g/mol. The summed E-state index contributed by atoms with van der Waals surface area (Å²) in [5.41, 5.74) is 6.71. The van der Waals surface area contributed by atoms with E-state index in [-0.39, 0.29) is 24.2 Å². The van der Waals surface area contributed by atoms with E-state index in [9.17, 15) is 9.59 Å². The maximum Gasteiger partial charge on any atom is 0.254 e. The smallest absolute Gasteiger partial charge is 0.254 e. The van der Waals surface area contributed by atoms with Gasteiger partial charge in [0.1, 0.15) is 0 Å². The van der Waals surface area contributed by atoms with Crippen molar-refractivity contribution >= 4 is 29.9 Å². The Hall–Kier alpha value is -1.63. The van der Waals surface area contributed by atoms with Crippen molar-refractivity contribution in [2.75, 3.05) is 31.6 Å². The van der Waals surface area contributed by atoms with Crippen LogP contribution in [0.1, 0.15) is 17.3 Å². The number of carbonyl (C=O) groups is 2. The highest BCUT2D eigenvalue weighted by atomic mass is 35.5. The Kier molecular flexibility index (Phi) is 6.61. The van der Waals surface area contributed by atoms with E-state index in [1.807, 2.05) is 0 Å². The van der Waals surface area contributed by atoms with Gasteiger partial charge >= 0.3 is 0 Å². The number of benzene rings is 1. The van der Waals surface area contributed by atoms with E-state index in [0.717, 1.165) is 0 Å². The van der Waals surface area contributed by atoms with Crippen LogP contribution in [0.2, 0.25) is 0 Å². The fourth-order valence-corrected chi connectivity index (χ4v) is 1.90. The molecule has 116 valence electrons. The molecule has 1 saturated heterocycles. The van der Waals surface area contributed by atoms with Crippen molar-refractivity contribution in [2.45, 2.75) is 13.0 Å². The Morgan fingerprint density at radius 1 is 1.24 bits per heavy atom. The average Bonchev–Trinajstić information content (AvgIpc) is 2.48. The highest BCUT2D eigenvalue weighted by Crippen LogP contribution is 2.12. The van der Waals surface area contributed by atoms with E-state index >= 15 is 0 Å². The van der Waals surface area contributed by atoms with Crippen molar-refractivity contribution in [2.24, 2.45) is 5.73 Å². The lowest BCUT2D eigenvalue weighted by Gasteiger charge is -2.26. The number of nitrogens with one attached hydrogen (secondary N) is 1. The van der Waals surface area contributed by atoms with Crippen molar-refractivity contribution in [1.29, 1.82) is 0 Å². The highest BCUT2D eigenvalue weighted by Gasteiger charge is 2.18. The van der Waals surface area contributed by atoms with Gasteiger partial charge in [0.25, 0.3) is 5.91 Å². The second-order valence-electron chi connectivity index (χ2n) is 4.76. The van der Waals surface area contributed by atoms with Gasteiger partial charge in [0.15, 0.2) is 0 Å². The second kappa shape index (κ2) is 7.97. The lowest BCUT2D eigenvalue weighted by Crippen LogP contribution is -2.40. The SMILES string of the molecule is C[C@H](N)C(=O)Nc1ccc(C(=O)N2CCOCC2)cc1.Cl. The minimum atomic E-state index is -0.565. The number of carbonyl (C=O) groups excluding carboxylic acids is 2. The molecule has 1 atom stereocenters. The molecule has 0 unspecified atom stereocenters. The Morgan fingerprint density at radius 3 is 2.33 bits per heavy atom. The first-order chi connectivity index (χ1) is 9.58. The molecule has 0 saturated carbocycles. The van der Waals surface area contributed by atoms with Gasteiger partial charge < -0.3 is 20.7 Å². The molecule has 0 aliphatic carbocycles. The molecule has 1 fully saturated rings.